The number of nitrogens with one attached hydrogen (secondary N) is 1. The Bertz CT molecular complexity index is 676. The van der Waals surface area contributed by atoms with Gasteiger partial charge in [-0.2, -0.15) is 0 Å². The molecular weight excluding hydrogens is 338 g/mol. The van der Waals surface area contributed by atoms with E-state index in [1.54, 1.807) is 24.3 Å². The molecule has 1 aliphatic heterocycles. The Morgan fingerprint density at radius 3 is 2.50 bits per heavy atom. The molecule has 1 aromatic rings. The number of carboxylic acids is 1. The van der Waals surface area contributed by atoms with Gasteiger partial charge in [0.1, 0.15) is 12.6 Å². The number of carbonyl (C=O) groups is 4. The molecule has 1 aliphatic rings. The van der Waals surface area contributed by atoms with Gasteiger partial charge in [-0.15, -0.1) is 0 Å². The van der Waals surface area contributed by atoms with Crippen molar-refractivity contribution in [3.63, 3.8) is 0 Å². The lowest BCUT2D eigenvalue weighted by molar-refractivity contribution is -0.143. The van der Waals surface area contributed by atoms with E-state index in [1.165, 1.54) is 7.05 Å². The topological polar surface area (TPSA) is 107 Å². The van der Waals surface area contributed by atoms with Crippen LogP contribution in [0.2, 0.25) is 5.02 Å². The summed E-state index contributed by atoms with van der Waals surface area (Å²) in [5.41, 5.74) is 0.388. The van der Waals surface area contributed by atoms with Crippen molar-refractivity contribution in [3.05, 3.63) is 29.3 Å². The Morgan fingerprint density at radius 2 is 1.92 bits per heavy atom. The van der Waals surface area contributed by atoms with Crippen LogP contribution >= 0.6 is 11.6 Å². The molecule has 8 nitrogen and oxygen atoms in total. The summed E-state index contributed by atoms with van der Waals surface area (Å²) in [6, 6.07) is 4.83. The number of carbonyl (C=O) groups excluding carboxylic acids is 3. The van der Waals surface area contributed by atoms with E-state index in [1.807, 2.05) is 0 Å². The molecular formula is C15H16ClN3O5. The van der Waals surface area contributed by atoms with Gasteiger partial charge in [0, 0.05) is 18.5 Å². The first-order valence-corrected chi connectivity index (χ1v) is 7.53. The number of carboxylic acid groups (broad SMARTS) is 1. The molecule has 1 heterocycles. The molecule has 0 radical (unpaired) electrons. The lowest BCUT2D eigenvalue weighted by Crippen LogP contribution is -2.35. The van der Waals surface area contributed by atoms with Gasteiger partial charge in [0.25, 0.3) is 5.91 Å². The highest BCUT2D eigenvalue weighted by molar-refractivity contribution is 6.30. The molecule has 0 aromatic heterocycles. The Kier molecular flexibility index (Phi) is 5.40. The fraction of sp³-hybridized carbons (Fsp3) is 0.333. The second kappa shape index (κ2) is 7.31. The smallest absolute Gasteiger partial charge is 0.329 e. The number of nitrogens with zero attached hydrogens (tertiary/aromatic N) is 2. The van der Waals surface area contributed by atoms with Gasteiger partial charge in [-0.25, -0.2) is 9.69 Å². The molecule has 1 atom stereocenters. The number of hydrogen-bond donors (Lipinski definition) is 2. The maximum atomic E-state index is 12.4. The number of urea groups is 1. The number of anilines is 1. The quantitative estimate of drug-likeness (QED) is 0.744. The van der Waals surface area contributed by atoms with E-state index in [4.69, 9.17) is 16.7 Å². The average Bonchev–Trinajstić information content (AvgIpc) is 2.79. The van der Waals surface area contributed by atoms with E-state index < -0.39 is 36.4 Å². The number of benzene rings is 1. The number of amides is 4. The third kappa shape index (κ3) is 4.02. The fourth-order valence-corrected chi connectivity index (χ4v) is 2.44. The molecule has 2 rings (SSSR count). The first kappa shape index (κ1) is 17.7. The maximum Gasteiger partial charge on any atom is 0.329 e. The van der Waals surface area contributed by atoms with Crippen molar-refractivity contribution in [2.45, 2.75) is 18.9 Å². The summed E-state index contributed by atoms with van der Waals surface area (Å²) in [6.07, 6.45) is 0.0480. The third-order valence-corrected chi connectivity index (χ3v) is 3.80. The first-order chi connectivity index (χ1) is 11.3. The van der Waals surface area contributed by atoms with Crippen LogP contribution in [0, 0.1) is 0 Å². The monoisotopic (exact) mass is 353 g/mol. The molecule has 1 aromatic carbocycles. The largest absolute Gasteiger partial charge is 0.480 e. The number of rotatable bonds is 6. The van der Waals surface area contributed by atoms with E-state index in [2.05, 4.69) is 5.32 Å². The Labute approximate surface area is 143 Å². The van der Waals surface area contributed by atoms with Crippen molar-refractivity contribution in [1.82, 2.24) is 10.2 Å². The Balaban J connectivity index is 1.97. The highest BCUT2D eigenvalue weighted by atomic mass is 35.5. The van der Waals surface area contributed by atoms with Gasteiger partial charge in [-0.05, 0) is 30.7 Å². The van der Waals surface area contributed by atoms with Crippen molar-refractivity contribution in [2.75, 3.05) is 18.5 Å². The van der Waals surface area contributed by atoms with Gasteiger partial charge in [-0.3, -0.25) is 14.4 Å². The molecule has 0 unspecified atom stereocenters. The SMILES string of the molecule is CN(CC(=O)O)C(=O)CC[C@@H]1NC(=O)N(c2ccc(Cl)cc2)C1=O. The van der Waals surface area contributed by atoms with Gasteiger partial charge in [-0.1, -0.05) is 11.6 Å². The molecule has 4 amide bonds. The van der Waals surface area contributed by atoms with Crippen molar-refractivity contribution in [3.8, 4) is 0 Å². The minimum absolute atomic E-state index is 0.0467. The van der Waals surface area contributed by atoms with Crippen molar-refractivity contribution in [2.24, 2.45) is 0 Å². The van der Waals surface area contributed by atoms with E-state index in [0.29, 0.717) is 10.7 Å². The summed E-state index contributed by atoms with van der Waals surface area (Å²) >= 11 is 5.78. The highest BCUT2D eigenvalue weighted by Crippen LogP contribution is 2.23. The van der Waals surface area contributed by atoms with Crippen LogP contribution in [0.5, 0.6) is 0 Å². The van der Waals surface area contributed by atoms with Gasteiger partial charge in [0.15, 0.2) is 0 Å². The average molecular weight is 354 g/mol. The molecule has 24 heavy (non-hydrogen) atoms. The third-order valence-electron chi connectivity index (χ3n) is 3.55. The summed E-state index contributed by atoms with van der Waals surface area (Å²) in [4.78, 5) is 48.8. The number of likely N-dealkylation sites (N-methyl/N-ethyl adjacent to an activating group) is 1. The van der Waals surface area contributed by atoms with Crippen LogP contribution in [0.1, 0.15) is 12.8 Å². The van der Waals surface area contributed by atoms with Crippen molar-refractivity contribution < 1.29 is 24.3 Å². The number of halogens is 1. The fourth-order valence-electron chi connectivity index (χ4n) is 2.31. The standard InChI is InChI=1S/C15H16ClN3O5/c1-18(8-13(21)22)12(20)7-6-11-14(23)19(15(24)17-11)10-4-2-9(16)3-5-10/h2-5,11H,6-8H2,1H3,(H,17,24)(H,21,22)/t11-/m0/s1. The molecule has 0 bridgehead atoms. The Morgan fingerprint density at radius 1 is 1.29 bits per heavy atom. The predicted octanol–water partition coefficient (Wildman–Crippen LogP) is 1.09. The highest BCUT2D eigenvalue weighted by Gasteiger charge is 2.39. The number of hydrogen-bond acceptors (Lipinski definition) is 4. The molecule has 0 spiro atoms. The second-order valence-electron chi connectivity index (χ2n) is 5.33. The lowest BCUT2D eigenvalue weighted by Gasteiger charge is -2.16. The van der Waals surface area contributed by atoms with Gasteiger partial charge in [0.05, 0.1) is 5.69 Å². The molecule has 128 valence electrons. The van der Waals surface area contributed by atoms with E-state index in [9.17, 15) is 19.2 Å². The molecule has 9 heteroatoms. The molecule has 1 fully saturated rings. The molecule has 0 saturated carbocycles. The zero-order valence-corrected chi connectivity index (χ0v) is 13.6. The number of imide groups is 1. The summed E-state index contributed by atoms with van der Waals surface area (Å²) in [6.45, 7) is -0.416. The van der Waals surface area contributed by atoms with Gasteiger partial charge < -0.3 is 15.3 Å². The van der Waals surface area contributed by atoms with Gasteiger partial charge in [0.2, 0.25) is 5.91 Å². The van der Waals surface area contributed by atoms with Crippen LogP contribution in [0.3, 0.4) is 0 Å². The molecule has 0 aliphatic carbocycles. The summed E-state index contributed by atoms with van der Waals surface area (Å²) in [5.74, 6) is -1.99. The van der Waals surface area contributed by atoms with Crippen LogP contribution < -0.4 is 10.2 Å². The van der Waals surface area contributed by atoms with E-state index >= 15 is 0 Å². The van der Waals surface area contributed by atoms with Crippen LogP contribution in [-0.4, -0.2) is 53.5 Å². The zero-order chi connectivity index (χ0) is 17.9. The van der Waals surface area contributed by atoms with Gasteiger partial charge >= 0.3 is 12.0 Å². The zero-order valence-electron chi connectivity index (χ0n) is 12.9. The van der Waals surface area contributed by atoms with Crippen LogP contribution in [-0.2, 0) is 14.4 Å². The second-order valence-corrected chi connectivity index (χ2v) is 5.77. The first-order valence-electron chi connectivity index (χ1n) is 7.15. The summed E-state index contributed by atoms with van der Waals surface area (Å²) in [7, 11) is 1.37. The van der Waals surface area contributed by atoms with E-state index in [-0.39, 0.29) is 12.8 Å². The minimum Gasteiger partial charge on any atom is -0.480 e. The Hall–Kier alpha value is -2.61. The normalized spacial score (nSPS) is 16.9. The summed E-state index contributed by atoms with van der Waals surface area (Å²) < 4.78 is 0. The number of aliphatic carboxylic acids is 1. The maximum absolute atomic E-state index is 12.4. The van der Waals surface area contributed by atoms with Crippen molar-refractivity contribution >= 4 is 41.1 Å². The lowest BCUT2D eigenvalue weighted by atomic mass is 10.1. The van der Waals surface area contributed by atoms with Crippen molar-refractivity contribution in [1.29, 1.82) is 0 Å². The molecule has 1 saturated heterocycles. The van der Waals surface area contributed by atoms with E-state index in [0.717, 1.165) is 9.80 Å². The summed E-state index contributed by atoms with van der Waals surface area (Å²) in [5, 5.41) is 11.6. The van der Waals surface area contributed by atoms with Crippen LogP contribution in [0.25, 0.3) is 0 Å². The van der Waals surface area contributed by atoms with Crippen LogP contribution in [0.4, 0.5) is 10.5 Å². The molecule has 2 N–H and O–H groups in total. The van der Waals surface area contributed by atoms with Crippen LogP contribution in [0.15, 0.2) is 24.3 Å². The minimum atomic E-state index is -1.12. The predicted molar refractivity (Wildman–Crippen MR) is 85.8 cm³/mol.